The van der Waals surface area contributed by atoms with Gasteiger partial charge in [-0.15, -0.1) is 0 Å². The van der Waals surface area contributed by atoms with Gasteiger partial charge < -0.3 is 10.1 Å². The number of carbonyl (C=O) groups excluding carboxylic acids is 1. The van der Waals surface area contributed by atoms with E-state index in [1.165, 1.54) is 0 Å². The predicted molar refractivity (Wildman–Crippen MR) is 110 cm³/mol. The second-order valence-electron chi connectivity index (χ2n) is 6.13. The zero-order valence-corrected chi connectivity index (χ0v) is 16.3. The first-order valence-electron chi connectivity index (χ1n) is 8.52. The van der Waals surface area contributed by atoms with Gasteiger partial charge in [-0.1, -0.05) is 77.8 Å². The van der Waals surface area contributed by atoms with Crippen molar-refractivity contribution in [2.75, 3.05) is 6.61 Å². The number of hydrogen-bond donors (Lipinski definition) is 1. The average molecular weight is 400 g/mol. The number of aryl methyl sites for hydroxylation is 1. The lowest BCUT2D eigenvalue weighted by Crippen LogP contribution is -2.33. The Hall–Kier alpha value is -2.49. The van der Waals surface area contributed by atoms with E-state index in [1.807, 2.05) is 61.5 Å². The predicted octanol–water partition coefficient (Wildman–Crippen LogP) is 5.59. The molecule has 0 fully saturated rings. The van der Waals surface area contributed by atoms with Gasteiger partial charge in [0.25, 0.3) is 5.91 Å². The van der Waals surface area contributed by atoms with E-state index in [0.29, 0.717) is 15.8 Å². The van der Waals surface area contributed by atoms with Gasteiger partial charge in [-0.2, -0.15) is 0 Å². The maximum absolute atomic E-state index is 12.6. The Balaban J connectivity index is 1.76. The minimum absolute atomic E-state index is 0.142. The summed E-state index contributed by atoms with van der Waals surface area (Å²) in [6.07, 6.45) is 0. The van der Waals surface area contributed by atoms with Gasteiger partial charge in [0.15, 0.2) is 6.61 Å². The molecule has 1 amide bonds. The van der Waals surface area contributed by atoms with Crippen LogP contribution in [0.5, 0.6) is 5.75 Å². The van der Waals surface area contributed by atoms with E-state index in [4.69, 9.17) is 27.9 Å². The van der Waals surface area contributed by atoms with Gasteiger partial charge in [0.05, 0.1) is 11.1 Å². The van der Waals surface area contributed by atoms with Gasteiger partial charge in [0.2, 0.25) is 0 Å². The van der Waals surface area contributed by atoms with Gasteiger partial charge in [-0.05, 0) is 41.8 Å². The molecule has 27 heavy (non-hydrogen) atoms. The summed E-state index contributed by atoms with van der Waals surface area (Å²) in [5, 5.41) is 3.94. The van der Waals surface area contributed by atoms with Crippen molar-refractivity contribution < 1.29 is 9.53 Å². The van der Waals surface area contributed by atoms with Crippen LogP contribution in [0.15, 0.2) is 72.8 Å². The van der Waals surface area contributed by atoms with Crippen LogP contribution in [-0.4, -0.2) is 12.5 Å². The van der Waals surface area contributed by atoms with Crippen LogP contribution in [0.3, 0.4) is 0 Å². The highest BCUT2D eigenvalue weighted by atomic mass is 35.5. The fourth-order valence-electron chi connectivity index (χ4n) is 2.84. The smallest absolute Gasteiger partial charge is 0.258 e. The Morgan fingerprint density at radius 1 is 1.00 bits per heavy atom. The lowest BCUT2D eigenvalue weighted by Gasteiger charge is -2.22. The largest absolute Gasteiger partial charge is 0.482 e. The molecule has 0 heterocycles. The molecule has 0 saturated carbocycles. The summed E-state index contributed by atoms with van der Waals surface area (Å²) in [6, 6.07) is 22.5. The van der Waals surface area contributed by atoms with Crippen molar-refractivity contribution in [3.8, 4) is 5.75 Å². The zero-order valence-electron chi connectivity index (χ0n) is 14.8. The van der Waals surface area contributed by atoms with Crippen LogP contribution < -0.4 is 10.1 Å². The van der Waals surface area contributed by atoms with Crippen LogP contribution in [0, 0.1) is 6.92 Å². The summed E-state index contributed by atoms with van der Waals surface area (Å²) in [4.78, 5) is 12.6. The molecule has 0 aliphatic carbocycles. The second kappa shape index (κ2) is 8.94. The molecule has 3 nitrogen and oxygen atoms in total. The summed E-state index contributed by atoms with van der Waals surface area (Å²) >= 11 is 12.0. The topological polar surface area (TPSA) is 38.3 Å². The van der Waals surface area contributed by atoms with E-state index in [9.17, 15) is 4.79 Å². The van der Waals surface area contributed by atoms with Crippen LogP contribution >= 0.6 is 23.2 Å². The van der Waals surface area contributed by atoms with E-state index in [-0.39, 0.29) is 18.6 Å². The first-order chi connectivity index (χ1) is 13.0. The number of halogens is 2. The summed E-state index contributed by atoms with van der Waals surface area (Å²) in [5.74, 6) is 0.182. The molecule has 0 aromatic heterocycles. The van der Waals surface area contributed by atoms with Crippen LogP contribution in [0.25, 0.3) is 0 Å². The van der Waals surface area contributed by atoms with E-state index in [0.717, 1.165) is 16.7 Å². The number of amides is 1. The molecule has 3 aromatic carbocycles. The fraction of sp³-hybridized carbons (Fsp3) is 0.136. The molecule has 3 rings (SSSR count). The lowest BCUT2D eigenvalue weighted by atomic mass is 9.95. The Labute approximate surface area is 168 Å². The first kappa shape index (κ1) is 19.3. The van der Waals surface area contributed by atoms with E-state index in [2.05, 4.69) is 5.32 Å². The van der Waals surface area contributed by atoms with Crippen LogP contribution in [-0.2, 0) is 4.79 Å². The highest BCUT2D eigenvalue weighted by Gasteiger charge is 2.19. The molecule has 138 valence electrons. The van der Waals surface area contributed by atoms with Crippen molar-refractivity contribution in [3.63, 3.8) is 0 Å². The molecule has 0 saturated heterocycles. The average Bonchev–Trinajstić information content (AvgIpc) is 2.67. The van der Waals surface area contributed by atoms with Crippen LogP contribution in [0.1, 0.15) is 22.7 Å². The summed E-state index contributed by atoms with van der Waals surface area (Å²) < 4.78 is 5.55. The van der Waals surface area contributed by atoms with Gasteiger partial charge in [0, 0.05) is 5.02 Å². The quantitative estimate of drug-likeness (QED) is 0.586. The number of carbonyl (C=O) groups is 1. The molecule has 0 unspecified atom stereocenters. The molecule has 3 aromatic rings. The highest BCUT2D eigenvalue weighted by Crippen LogP contribution is 2.28. The molecule has 0 aliphatic rings. The fourth-order valence-corrected chi connectivity index (χ4v) is 3.30. The maximum atomic E-state index is 12.6. The summed E-state index contributed by atoms with van der Waals surface area (Å²) in [7, 11) is 0. The van der Waals surface area contributed by atoms with Crippen LogP contribution in [0.4, 0.5) is 0 Å². The van der Waals surface area contributed by atoms with Gasteiger partial charge in [-0.25, -0.2) is 0 Å². The monoisotopic (exact) mass is 399 g/mol. The lowest BCUT2D eigenvalue weighted by molar-refractivity contribution is -0.123. The molecule has 1 N–H and O–H groups in total. The Morgan fingerprint density at radius 3 is 2.41 bits per heavy atom. The molecule has 0 aliphatic heterocycles. The van der Waals surface area contributed by atoms with Crippen molar-refractivity contribution in [2.24, 2.45) is 0 Å². The molecule has 0 radical (unpaired) electrons. The van der Waals surface area contributed by atoms with Crippen molar-refractivity contribution in [2.45, 2.75) is 13.0 Å². The third-order valence-electron chi connectivity index (χ3n) is 4.19. The molecule has 0 spiro atoms. The molecule has 0 bridgehead atoms. The van der Waals surface area contributed by atoms with Gasteiger partial charge in [0.1, 0.15) is 5.75 Å². The third-order valence-corrected chi connectivity index (χ3v) is 4.72. The van der Waals surface area contributed by atoms with Gasteiger partial charge in [-0.3, -0.25) is 4.79 Å². The number of nitrogens with one attached hydrogen (secondary N) is 1. The van der Waals surface area contributed by atoms with Gasteiger partial charge >= 0.3 is 0 Å². The highest BCUT2D eigenvalue weighted by molar-refractivity contribution is 6.35. The van der Waals surface area contributed by atoms with Crippen molar-refractivity contribution in [3.05, 3.63) is 99.5 Å². The summed E-state index contributed by atoms with van der Waals surface area (Å²) in [6.45, 7) is 1.89. The minimum Gasteiger partial charge on any atom is -0.482 e. The number of ether oxygens (including phenoxy) is 1. The second-order valence-corrected chi connectivity index (χ2v) is 6.97. The number of hydrogen-bond acceptors (Lipinski definition) is 2. The minimum atomic E-state index is -0.260. The van der Waals surface area contributed by atoms with Crippen molar-refractivity contribution in [1.82, 2.24) is 5.32 Å². The summed E-state index contributed by atoms with van der Waals surface area (Å²) in [5.41, 5.74) is 3.15. The molecule has 1 atom stereocenters. The third kappa shape index (κ3) is 5.03. The molecular formula is C22H19Cl2NO2. The Morgan fingerprint density at radius 2 is 1.70 bits per heavy atom. The van der Waals surface area contributed by atoms with E-state index >= 15 is 0 Å². The maximum Gasteiger partial charge on any atom is 0.258 e. The SMILES string of the molecule is Cc1ccccc1[C@H](NC(=O)COc1ccc(Cl)cc1Cl)c1ccccc1. The first-order valence-corrected chi connectivity index (χ1v) is 9.28. The van der Waals surface area contributed by atoms with Crippen molar-refractivity contribution in [1.29, 1.82) is 0 Å². The van der Waals surface area contributed by atoms with E-state index < -0.39 is 0 Å². The van der Waals surface area contributed by atoms with Crippen molar-refractivity contribution >= 4 is 29.1 Å². The Kier molecular flexibility index (Phi) is 6.38. The zero-order chi connectivity index (χ0) is 19.2. The molecular weight excluding hydrogens is 381 g/mol. The Bertz CT molecular complexity index is 929. The van der Waals surface area contributed by atoms with E-state index in [1.54, 1.807) is 18.2 Å². The molecule has 5 heteroatoms. The number of benzene rings is 3. The number of rotatable bonds is 6. The standard InChI is InChI=1S/C22H19Cl2NO2/c1-15-7-5-6-10-18(15)22(16-8-3-2-4-9-16)25-21(26)14-27-20-12-11-17(23)13-19(20)24/h2-13,22H,14H2,1H3,(H,25,26)/t22-/m1/s1. The van der Waals surface area contributed by atoms with Crippen LogP contribution in [0.2, 0.25) is 10.0 Å². The normalized spacial score (nSPS) is 11.7.